The van der Waals surface area contributed by atoms with Gasteiger partial charge in [-0.25, -0.2) is 4.98 Å². The van der Waals surface area contributed by atoms with Gasteiger partial charge in [0.25, 0.3) is 0 Å². The molecule has 0 aliphatic carbocycles. The standard InChI is InChI=1S/C18H35N3/c1-7-9-19-16(13-15(3)14-18(4,5)6)17-20-10-12-21(17)11-8-2/h10,12,15-16,19H,7-9,11,13-14H2,1-6H3. The highest BCUT2D eigenvalue weighted by molar-refractivity contribution is 5.00. The Bertz CT molecular complexity index is 389. The number of nitrogens with zero attached hydrogens (tertiary/aromatic N) is 2. The van der Waals surface area contributed by atoms with Gasteiger partial charge in [-0.15, -0.1) is 0 Å². The summed E-state index contributed by atoms with van der Waals surface area (Å²) in [5.74, 6) is 1.91. The van der Waals surface area contributed by atoms with Crippen LogP contribution in [0.3, 0.4) is 0 Å². The van der Waals surface area contributed by atoms with Gasteiger partial charge in [-0.05, 0) is 43.6 Å². The van der Waals surface area contributed by atoms with E-state index in [1.807, 2.05) is 6.20 Å². The monoisotopic (exact) mass is 293 g/mol. The Morgan fingerprint density at radius 3 is 2.52 bits per heavy atom. The SMILES string of the molecule is CCCNC(CC(C)CC(C)(C)C)c1nccn1CCC. The molecule has 0 aliphatic heterocycles. The number of hydrogen-bond acceptors (Lipinski definition) is 2. The van der Waals surface area contributed by atoms with Gasteiger partial charge in [0.2, 0.25) is 0 Å². The van der Waals surface area contributed by atoms with E-state index in [0.717, 1.165) is 25.9 Å². The first kappa shape index (κ1) is 18.2. The largest absolute Gasteiger partial charge is 0.334 e. The summed E-state index contributed by atoms with van der Waals surface area (Å²) >= 11 is 0. The molecule has 3 nitrogen and oxygen atoms in total. The lowest BCUT2D eigenvalue weighted by Crippen LogP contribution is -2.28. The molecule has 1 heterocycles. The molecule has 1 aromatic heterocycles. The van der Waals surface area contributed by atoms with Gasteiger partial charge in [0.05, 0.1) is 6.04 Å². The lowest BCUT2D eigenvalue weighted by molar-refractivity contribution is 0.271. The van der Waals surface area contributed by atoms with E-state index in [2.05, 4.69) is 62.6 Å². The van der Waals surface area contributed by atoms with E-state index >= 15 is 0 Å². The zero-order chi connectivity index (χ0) is 15.9. The third-order valence-corrected chi connectivity index (χ3v) is 3.76. The van der Waals surface area contributed by atoms with Crippen molar-refractivity contribution >= 4 is 0 Å². The first-order chi connectivity index (χ1) is 9.87. The Kier molecular flexibility index (Phi) is 7.44. The van der Waals surface area contributed by atoms with Crippen molar-refractivity contribution in [3.8, 4) is 0 Å². The van der Waals surface area contributed by atoms with Gasteiger partial charge in [0.15, 0.2) is 0 Å². The van der Waals surface area contributed by atoms with Crippen LogP contribution in [-0.4, -0.2) is 16.1 Å². The third kappa shape index (κ3) is 6.64. The molecule has 1 N–H and O–H groups in total. The van der Waals surface area contributed by atoms with Crippen molar-refractivity contribution in [3.05, 3.63) is 18.2 Å². The van der Waals surface area contributed by atoms with Crippen molar-refractivity contribution in [1.29, 1.82) is 0 Å². The Labute approximate surface area is 131 Å². The van der Waals surface area contributed by atoms with Gasteiger partial charge in [-0.2, -0.15) is 0 Å². The van der Waals surface area contributed by atoms with E-state index in [0.29, 0.717) is 17.4 Å². The normalized spacial score (nSPS) is 15.1. The lowest BCUT2D eigenvalue weighted by Gasteiger charge is -2.27. The number of aryl methyl sites for hydroxylation is 1. The lowest BCUT2D eigenvalue weighted by atomic mass is 9.83. The summed E-state index contributed by atoms with van der Waals surface area (Å²) in [6.45, 7) is 15.9. The van der Waals surface area contributed by atoms with Crippen LogP contribution >= 0.6 is 0 Å². The molecule has 0 spiro atoms. The summed E-state index contributed by atoms with van der Waals surface area (Å²) in [5.41, 5.74) is 0.396. The van der Waals surface area contributed by atoms with E-state index in [1.54, 1.807) is 0 Å². The van der Waals surface area contributed by atoms with Crippen LogP contribution in [0.2, 0.25) is 0 Å². The van der Waals surface area contributed by atoms with Gasteiger partial charge in [-0.3, -0.25) is 0 Å². The Morgan fingerprint density at radius 1 is 1.24 bits per heavy atom. The quantitative estimate of drug-likeness (QED) is 0.709. The fraction of sp³-hybridized carbons (Fsp3) is 0.833. The maximum atomic E-state index is 4.64. The van der Waals surface area contributed by atoms with Crippen molar-refractivity contribution in [1.82, 2.24) is 14.9 Å². The first-order valence-electron chi connectivity index (χ1n) is 8.61. The highest BCUT2D eigenvalue weighted by Gasteiger charge is 2.22. The van der Waals surface area contributed by atoms with E-state index in [-0.39, 0.29) is 0 Å². The molecule has 0 aliphatic rings. The average molecular weight is 293 g/mol. The van der Waals surface area contributed by atoms with Crippen molar-refractivity contribution in [2.24, 2.45) is 11.3 Å². The molecule has 2 unspecified atom stereocenters. The first-order valence-corrected chi connectivity index (χ1v) is 8.61. The second-order valence-corrected chi connectivity index (χ2v) is 7.59. The van der Waals surface area contributed by atoms with Crippen molar-refractivity contribution in [3.63, 3.8) is 0 Å². The van der Waals surface area contributed by atoms with E-state index in [1.165, 1.54) is 18.7 Å². The fourth-order valence-electron chi connectivity index (χ4n) is 3.19. The Hall–Kier alpha value is -0.830. The van der Waals surface area contributed by atoms with Gasteiger partial charge in [-0.1, -0.05) is 41.5 Å². The van der Waals surface area contributed by atoms with Crippen LogP contribution in [0.5, 0.6) is 0 Å². The molecular formula is C18H35N3. The number of imidazole rings is 1. The highest BCUT2D eigenvalue weighted by Crippen LogP contribution is 2.30. The minimum absolute atomic E-state index is 0.379. The summed E-state index contributed by atoms with van der Waals surface area (Å²) in [4.78, 5) is 4.64. The minimum Gasteiger partial charge on any atom is -0.334 e. The van der Waals surface area contributed by atoms with E-state index < -0.39 is 0 Å². The van der Waals surface area contributed by atoms with Crippen LogP contribution in [0.25, 0.3) is 0 Å². The van der Waals surface area contributed by atoms with Crippen LogP contribution in [0.1, 0.15) is 79.1 Å². The molecule has 0 aromatic carbocycles. The summed E-state index contributed by atoms with van der Waals surface area (Å²) in [5, 5.41) is 3.70. The van der Waals surface area contributed by atoms with Gasteiger partial charge in [0, 0.05) is 18.9 Å². The van der Waals surface area contributed by atoms with Crippen LogP contribution in [0.4, 0.5) is 0 Å². The van der Waals surface area contributed by atoms with E-state index in [9.17, 15) is 0 Å². The molecule has 0 saturated carbocycles. The molecule has 0 radical (unpaired) electrons. The number of rotatable bonds is 9. The fourth-order valence-corrected chi connectivity index (χ4v) is 3.19. The maximum absolute atomic E-state index is 4.64. The maximum Gasteiger partial charge on any atom is 0.125 e. The third-order valence-electron chi connectivity index (χ3n) is 3.76. The summed E-state index contributed by atoms with van der Waals surface area (Å²) < 4.78 is 2.32. The smallest absolute Gasteiger partial charge is 0.125 e. The number of hydrogen-bond donors (Lipinski definition) is 1. The van der Waals surface area contributed by atoms with Gasteiger partial charge in [0.1, 0.15) is 5.82 Å². The van der Waals surface area contributed by atoms with Crippen LogP contribution in [0, 0.1) is 11.3 Å². The molecule has 0 saturated heterocycles. The average Bonchev–Trinajstić information content (AvgIpc) is 2.81. The zero-order valence-corrected chi connectivity index (χ0v) is 14.9. The van der Waals surface area contributed by atoms with Crippen molar-refractivity contribution in [2.45, 2.75) is 79.8 Å². The van der Waals surface area contributed by atoms with Crippen LogP contribution in [0.15, 0.2) is 12.4 Å². The molecule has 21 heavy (non-hydrogen) atoms. The molecule has 1 aromatic rings. The second-order valence-electron chi connectivity index (χ2n) is 7.59. The Morgan fingerprint density at radius 2 is 1.95 bits per heavy atom. The Balaban J connectivity index is 2.77. The summed E-state index contributed by atoms with van der Waals surface area (Å²) in [6.07, 6.45) is 8.80. The van der Waals surface area contributed by atoms with Crippen molar-refractivity contribution in [2.75, 3.05) is 6.54 Å². The predicted molar refractivity (Wildman–Crippen MR) is 91.4 cm³/mol. The molecule has 2 atom stereocenters. The highest BCUT2D eigenvalue weighted by atomic mass is 15.1. The van der Waals surface area contributed by atoms with Gasteiger partial charge >= 0.3 is 0 Å². The zero-order valence-electron chi connectivity index (χ0n) is 14.9. The van der Waals surface area contributed by atoms with Crippen molar-refractivity contribution < 1.29 is 0 Å². The molecule has 122 valence electrons. The van der Waals surface area contributed by atoms with Gasteiger partial charge < -0.3 is 9.88 Å². The minimum atomic E-state index is 0.379. The number of nitrogens with one attached hydrogen (secondary N) is 1. The summed E-state index contributed by atoms with van der Waals surface area (Å²) in [6, 6.07) is 0.379. The molecular weight excluding hydrogens is 258 g/mol. The molecule has 1 rings (SSSR count). The molecule has 0 amide bonds. The molecule has 0 fully saturated rings. The van der Waals surface area contributed by atoms with Crippen LogP contribution in [-0.2, 0) is 6.54 Å². The second kappa shape index (κ2) is 8.57. The molecule has 0 bridgehead atoms. The number of aromatic nitrogens is 2. The predicted octanol–water partition coefficient (Wildman–Crippen LogP) is 4.80. The van der Waals surface area contributed by atoms with Crippen LogP contribution < -0.4 is 5.32 Å². The molecule has 3 heteroatoms. The summed E-state index contributed by atoms with van der Waals surface area (Å²) in [7, 11) is 0. The van der Waals surface area contributed by atoms with E-state index in [4.69, 9.17) is 0 Å². The topological polar surface area (TPSA) is 29.9 Å².